The molecule has 1 amide bonds. The van der Waals surface area contributed by atoms with E-state index in [1.165, 1.54) is 47.9 Å². The molecule has 0 bridgehead atoms. The minimum atomic E-state index is -0.447. The highest BCUT2D eigenvalue weighted by molar-refractivity contribution is 6.05. The number of aryl methyl sites for hydroxylation is 2. The van der Waals surface area contributed by atoms with Gasteiger partial charge in [-0.2, -0.15) is 0 Å². The van der Waals surface area contributed by atoms with Crippen LogP contribution >= 0.6 is 0 Å². The summed E-state index contributed by atoms with van der Waals surface area (Å²) in [6.45, 7) is 2.09. The molecule has 0 saturated carbocycles. The molecule has 2 aliphatic rings. The molecule has 0 radical (unpaired) electrons. The lowest BCUT2D eigenvalue weighted by Gasteiger charge is -2.24. The van der Waals surface area contributed by atoms with E-state index in [-0.39, 0.29) is 0 Å². The molecule has 1 aliphatic heterocycles. The number of fused-ring (bicyclic) bond motifs is 3. The number of rotatable bonds is 2. The van der Waals surface area contributed by atoms with Gasteiger partial charge in [-0.25, -0.2) is 4.98 Å². The number of carbonyl (C=O) groups excluding carboxylic acids is 1. The van der Waals surface area contributed by atoms with Crippen LogP contribution in [0.25, 0.3) is 10.9 Å². The minimum absolute atomic E-state index is 0.386. The van der Waals surface area contributed by atoms with Gasteiger partial charge in [0, 0.05) is 23.8 Å². The van der Waals surface area contributed by atoms with Crippen LogP contribution < -0.4 is 11.1 Å². The van der Waals surface area contributed by atoms with Gasteiger partial charge in [0.25, 0.3) is 5.91 Å². The number of aromatic amines is 1. The molecular weight excluding hydrogens is 276 g/mol. The summed E-state index contributed by atoms with van der Waals surface area (Å²) in [6, 6.07) is 0. The molecule has 4 N–H and O–H groups in total. The smallest absolute Gasteiger partial charge is 0.269 e. The van der Waals surface area contributed by atoms with E-state index >= 15 is 0 Å². The summed E-state index contributed by atoms with van der Waals surface area (Å²) in [5.74, 6) is 0.0319. The first-order valence-electron chi connectivity index (χ1n) is 8.28. The van der Waals surface area contributed by atoms with Crippen molar-refractivity contribution in [3.63, 3.8) is 0 Å². The Morgan fingerprint density at radius 3 is 2.91 bits per heavy atom. The number of hydrogen-bond acceptors (Lipinski definition) is 3. The van der Waals surface area contributed by atoms with E-state index in [1.807, 2.05) is 6.20 Å². The van der Waals surface area contributed by atoms with Crippen LogP contribution in [0.4, 0.5) is 0 Å². The number of H-pyrrole nitrogens is 1. The Kier molecular flexibility index (Phi) is 3.37. The van der Waals surface area contributed by atoms with Crippen LogP contribution in [0.15, 0.2) is 6.20 Å². The van der Waals surface area contributed by atoms with Crippen LogP contribution in [0.2, 0.25) is 0 Å². The Balaban J connectivity index is 1.94. The van der Waals surface area contributed by atoms with E-state index in [0.717, 1.165) is 31.4 Å². The van der Waals surface area contributed by atoms with E-state index in [1.54, 1.807) is 0 Å². The van der Waals surface area contributed by atoms with Crippen LogP contribution in [-0.4, -0.2) is 29.0 Å². The molecule has 0 aromatic carbocycles. The monoisotopic (exact) mass is 298 g/mol. The first-order chi connectivity index (χ1) is 10.8. The maximum absolute atomic E-state index is 11.7. The Morgan fingerprint density at radius 1 is 1.27 bits per heavy atom. The van der Waals surface area contributed by atoms with E-state index < -0.39 is 5.91 Å². The fourth-order valence-electron chi connectivity index (χ4n) is 4.06. The summed E-state index contributed by atoms with van der Waals surface area (Å²) in [5, 5.41) is 4.71. The van der Waals surface area contributed by atoms with Crippen molar-refractivity contribution >= 4 is 16.8 Å². The number of primary amides is 1. The lowest BCUT2D eigenvalue weighted by Crippen LogP contribution is -2.28. The maximum atomic E-state index is 11.7. The number of carbonyl (C=O) groups is 1. The summed E-state index contributed by atoms with van der Waals surface area (Å²) in [5.41, 5.74) is 10.7. The zero-order valence-electron chi connectivity index (χ0n) is 12.7. The standard InChI is InChI=1S/C17H22N4O/c18-17(22)16-15-14(11-5-1-2-6-13(11)21-15)12(9-20-16)10-4-3-7-19-8-10/h9-10,19,21H,1-8H2,(H2,18,22). The van der Waals surface area contributed by atoms with Crippen molar-refractivity contribution in [3.05, 3.63) is 28.7 Å². The van der Waals surface area contributed by atoms with Gasteiger partial charge in [-0.15, -0.1) is 0 Å². The van der Waals surface area contributed by atoms with Gasteiger partial charge in [-0.1, -0.05) is 0 Å². The summed E-state index contributed by atoms with van der Waals surface area (Å²) in [6.07, 6.45) is 8.84. The van der Waals surface area contributed by atoms with Gasteiger partial charge in [-0.05, 0) is 62.1 Å². The zero-order valence-corrected chi connectivity index (χ0v) is 12.7. The van der Waals surface area contributed by atoms with Crippen LogP contribution in [0, 0.1) is 0 Å². The molecule has 116 valence electrons. The number of amides is 1. The molecule has 1 aliphatic carbocycles. The van der Waals surface area contributed by atoms with Crippen molar-refractivity contribution in [1.82, 2.24) is 15.3 Å². The molecule has 4 rings (SSSR count). The second-order valence-electron chi connectivity index (χ2n) is 6.51. The third-order valence-electron chi connectivity index (χ3n) is 5.12. The number of aromatic nitrogens is 2. The quantitative estimate of drug-likeness (QED) is 0.793. The Bertz CT molecular complexity index is 728. The summed E-state index contributed by atoms with van der Waals surface area (Å²) in [7, 11) is 0. The highest BCUT2D eigenvalue weighted by atomic mass is 16.1. The fourth-order valence-corrected chi connectivity index (χ4v) is 4.06. The Morgan fingerprint density at radius 2 is 2.14 bits per heavy atom. The Hall–Kier alpha value is -1.88. The zero-order chi connectivity index (χ0) is 15.1. The first kappa shape index (κ1) is 13.8. The van der Waals surface area contributed by atoms with Crippen molar-refractivity contribution in [1.29, 1.82) is 0 Å². The first-order valence-corrected chi connectivity index (χ1v) is 8.28. The van der Waals surface area contributed by atoms with E-state index in [4.69, 9.17) is 5.73 Å². The molecule has 1 fully saturated rings. The topological polar surface area (TPSA) is 83.8 Å². The van der Waals surface area contributed by atoms with Crippen molar-refractivity contribution in [2.75, 3.05) is 13.1 Å². The second-order valence-corrected chi connectivity index (χ2v) is 6.51. The number of piperidine rings is 1. The molecule has 1 unspecified atom stereocenters. The second kappa shape index (κ2) is 5.39. The number of nitrogens with zero attached hydrogens (tertiary/aromatic N) is 1. The molecule has 5 nitrogen and oxygen atoms in total. The van der Waals surface area contributed by atoms with Crippen LogP contribution in [0.1, 0.15) is 58.9 Å². The van der Waals surface area contributed by atoms with Crippen LogP contribution in [-0.2, 0) is 12.8 Å². The highest BCUT2D eigenvalue weighted by Crippen LogP contribution is 2.37. The molecular formula is C17H22N4O. The van der Waals surface area contributed by atoms with Gasteiger partial charge in [-0.3, -0.25) is 4.79 Å². The number of nitrogens with one attached hydrogen (secondary N) is 2. The van der Waals surface area contributed by atoms with Crippen molar-refractivity contribution < 1.29 is 4.79 Å². The fraction of sp³-hybridized carbons (Fsp3) is 0.529. The summed E-state index contributed by atoms with van der Waals surface area (Å²) in [4.78, 5) is 19.6. The van der Waals surface area contributed by atoms with Gasteiger partial charge in [0.2, 0.25) is 0 Å². The molecule has 2 aromatic rings. The number of hydrogen-bond donors (Lipinski definition) is 3. The van der Waals surface area contributed by atoms with Crippen molar-refractivity contribution in [2.45, 2.75) is 44.4 Å². The van der Waals surface area contributed by atoms with E-state index in [2.05, 4.69) is 15.3 Å². The van der Waals surface area contributed by atoms with Crippen molar-refractivity contribution in [3.8, 4) is 0 Å². The lowest BCUT2D eigenvalue weighted by molar-refractivity contribution is 0.0997. The number of nitrogens with two attached hydrogens (primary N) is 1. The SMILES string of the molecule is NC(=O)c1ncc(C2CCCNC2)c2c3c([nH]c12)CCCC3. The van der Waals surface area contributed by atoms with Gasteiger partial charge in [0.05, 0.1) is 5.52 Å². The molecule has 3 heterocycles. The molecule has 1 saturated heterocycles. The van der Waals surface area contributed by atoms with E-state index in [9.17, 15) is 4.79 Å². The molecule has 5 heteroatoms. The van der Waals surface area contributed by atoms with Crippen molar-refractivity contribution in [2.24, 2.45) is 5.73 Å². The predicted octanol–water partition coefficient (Wildman–Crippen LogP) is 2.01. The van der Waals surface area contributed by atoms with Gasteiger partial charge < -0.3 is 16.0 Å². The summed E-state index contributed by atoms with van der Waals surface area (Å²) < 4.78 is 0. The molecule has 0 spiro atoms. The predicted molar refractivity (Wildman–Crippen MR) is 86.1 cm³/mol. The molecule has 2 aromatic heterocycles. The van der Waals surface area contributed by atoms with Gasteiger partial charge >= 0.3 is 0 Å². The number of pyridine rings is 1. The third-order valence-corrected chi connectivity index (χ3v) is 5.12. The normalized spacial score (nSPS) is 21.7. The largest absolute Gasteiger partial charge is 0.364 e. The summed E-state index contributed by atoms with van der Waals surface area (Å²) >= 11 is 0. The lowest BCUT2D eigenvalue weighted by atomic mass is 9.87. The van der Waals surface area contributed by atoms with Crippen LogP contribution in [0.5, 0.6) is 0 Å². The van der Waals surface area contributed by atoms with E-state index in [0.29, 0.717) is 11.6 Å². The average molecular weight is 298 g/mol. The average Bonchev–Trinajstić information content (AvgIpc) is 2.94. The third kappa shape index (κ3) is 2.11. The molecule has 22 heavy (non-hydrogen) atoms. The minimum Gasteiger partial charge on any atom is -0.364 e. The van der Waals surface area contributed by atoms with Gasteiger partial charge in [0.15, 0.2) is 5.69 Å². The molecule has 1 atom stereocenters. The highest BCUT2D eigenvalue weighted by Gasteiger charge is 2.26. The maximum Gasteiger partial charge on any atom is 0.269 e. The van der Waals surface area contributed by atoms with Gasteiger partial charge in [0.1, 0.15) is 0 Å². The Labute approximate surface area is 129 Å². The van der Waals surface area contributed by atoms with Crippen LogP contribution in [0.3, 0.4) is 0 Å².